The Morgan fingerprint density at radius 1 is 0.900 bits per heavy atom. The number of hydrogen-bond acceptors (Lipinski definition) is 6. The molecule has 2 aromatic heterocycles. The molecule has 0 amide bonds. The fraction of sp³-hybridized carbons (Fsp3) is 0.522. The van der Waals surface area contributed by atoms with Crippen LogP contribution in [0.25, 0.3) is 22.4 Å². The molecule has 2 unspecified atom stereocenters. The van der Waals surface area contributed by atoms with Gasteiger partial charge < -0.3 is 14.7 Å². The molecule has 1 aliphatic carbocycles. The lowest BCUT2D eigenvalue weighted by atomic mass is 9.93. The average molecular weight is 406 g/mol. The van der Waals surface area contributed by atoms with Crippen molar-refractivity contribution in [1.82, 2.24) is 19.7 Å². The standard InChI is InChI=1S/C23H27N5O2/c29-17-8-6-16(7-9-17)28-23-20(12-24-28)22(27-13-18-10-11-19(14-27)30-18)25-21(26-23)15-4-2-1-3-5-15/h1-5,12,16-19,29H,6-11,13-14H2. The lowest BCUT2D eigenvalue weighted by molar-refractivity contribution is 0.0303. The van der Waals surface area contributed by atoms with Gasteiger partial charge in [-0.15, -0.1) is 0 Å². The predicted molar refractivity (Wildman–Crippen MR) is 114 cm³/mol. The van der Waals surface area contributed by atoms with E-state index in [1.54, 1.807) is 0 Å². The molecule has 2 saturated heterocycles. The van der Waals surface area contributed by atoms with Crippen LogP contribution in [0, 0.1) is 0 Å². The Morgan fingerprint density at radius 2 is 1.63 bits per heavy atom. The van der Waals surface area contributed by atoms with E-state index in [0.717, 1.165) is 79.9 Å². The zero-order chi connectivity index (χ0) is 20.1. The van der Waals surface area contributed by atoms with Gasteiger partial charge in [-0.1, -0.05) is 30.3 Å². The first kappa shape index (κ1) is 18.3. The summed E-state index contributed by atoms with van der Waals surface area (Å²) >= 11 is 0. The highest BCUT2D eigenvalue weighted by Gasteiger charge is 2.35. The second-order valence-corrected chi connectivity index (χ2v) is 8.89. The number of aromatic nitrogens is 4. The molecule has 7 heteroatoms. The molecule has 4 heterocycles. The maximum absolute atomic E-state index is 9.93. The monoisotopic (exact) mass is 405 g/mol. The van der Waals surface area contributed by atoms with Crippen LogP contribution in [0.4, 0.5) is 5.82 Å². The predicted octanol–water partition coefficient (Wildman–Crippen LogP) is 3.34. The quantitative estimate of drug-likeness (QED) is 0.720. The summed E-state index contributed by atoms with van der Waals surface area (Å²) in [5, 5.41) is 15.7. The van der Waals surface area contributed by atoms with Crippen molar-refractivity contribution in [3.8, 4) is 11.4 Å². The van der Waals surface area contributed by atoms with Crippen molar-refractivity contribution in [2.75, 3.05) is 18.0 Å². The molecule has 7 nitrogen and oxygen atoms in total. The second-order valence-electron chi connectivity index (χ2n) is 8.89. The Bertz CT molecular complexity index is 1030. The van der Waals surface area contributed by atoms with Crippen LogP contribution in [0.1, 0.15) is 44.6 Å². The highest BCUT2D eigenvalue weighted by atomic mass is 16.5. The van der Waals surface area contributed by atoms with Crippen molar-refractivity contribution >= 4 is 16.9 Å². The van der Waals surface area contributed by atoms with Crippen LogP contribution in [0.3, 0.4) is 0 Å². The van der Waals surface area contributed by atoms with Gasteiger partial charge in [0.15, 0.2) is 11.5 Å². The average Bonchev–Trinajstić information content (AvgIpc) is 3.36. The Balaban J connectivity index is 1.47. The van der Waals surface area contributed by atoms with Gasteiger partial charge in [0.1, 0.15) is 5.82 Å². The van der Waals surface area contributed by atoms with Crippen molar-refractivity contribution in [3.63, 3.8) is 0 Å². The van der Waals surface area contributed by atoms with E-state index >= 15 is 0 Å². The van der Waals surface area contributed by atoms with Crippen LogP contribution in [-0.4, -0.2) is 56.3 Å². The fourth-order valence-electron chi connectivity index (χ4n) is 5.23. The molecule has 30 heavy (non-hydrogen) atoms. The van der Waals surface area contributed by atoms with E-state index in [1.165, 1.54) is 0 Å². The third-order valence-corrected chi connectivity index (χ3v) is 6.82. The van der Waals surface area contributed by atoms with Crippen LogP contribution >= 0.6 is 0 Å². The lowest BCUT2D eigenvalue weighted by Crippen LogP contribution is -2.43. The molecule has 1 N–H and O–H groups in total. The molecule has 2 atom stereocenters. The molecule has 3 aromatic rings. The zero-order valence-electron chi connectivity index (χ0n) is 17.0. The first-order valence-corrected chi connectivity index (χ1v) is 11.1. The fourth-order valence-corrected chi connectivity index (χ4v) is 5.23. The number of fused-ring (bicyclic) bond motifs is 3. The molecule has 0 radical (unpaired) electrons. The number of ether oxygens (including phenoxy) is 1. The number of anilines is 1. The molecule has 0 spiro atoms. The van der Waals surface area contributed by atoms with E-state index in [1.807, 2.05) is 24.4 Å². The molecule has 3 aliphatic rings. The molecule has 3 fully saturated rings. The van der Waals surface area contributed by atoms with Crippen LogP contribution in [-0.2, 0) is 4.74 Å². The Labute approximate surface area is 175 Å². The number of rotatable bonds is 3. The molecule has 156 valence electrons. The molecular weight excluding hydrogens is 378 g/mol. The van der Waals surface area contributed by atoms with Gasteiger partial charge in [0.05, 0.1) is 35.9 Å². The minimum atomic E-state index is -0.183. The number of benzene rings is 1. The maximum atomic E-state index is 9.93. The smallest absolute Gasteiger partial charge is 0.164 e. The van der Waals surface area contributed by atoms with Gasteiger partial charge >= 0.3 is 0 Å². The first-order chi connectivity index (χ1) is 14.7. The van der Waals surface area contributed by atoms with E-state index < -0.39 is 0 Å². The van der Waals surface area contributed by atoms with Crippen LogP contribution in [0.15, 0.2) is 36.5 Å². The number of aliphatic hydroxyl groups excluding tert-OH is 1. The zero-order valence-corrected chi connectivity index (χ0v) is 17.0. The molecule has 1 saturated carbocycles. The van der Waals surface area contributed by atoms with Crippen LogP contribution in [0.5, 0.6) is 0 Å². The first-order valence-electron chi connectivity index (χ1n) is 11.1. The summed E-state index contributed by atoms with van der Waals surface area (Å²) in [6, 6.07) is 10.5. The lowest BCUT2D eigenvalue weighted by Gasteiger charge is -2.33. The summed E-state index contributed by atoms with van der Waals surface area (Å²) < 4.78 is 8.13. The van der Waals surface area contributed by atoms with Gasteiger partial charge in [-0.25, -0.2) is 14.6 Å². The number of aliphatic hydroxyl groups is 1. The highest BCUT2D eigenvalue weighted by Crippen LogP contribution is 2.36. The van der Waals surface area contributed by atoms with E-state index in [4.69, 9.17) is 19.8 Å². The minimum Gasteiger partial charge on any atom is -0.393 e. The summed E-state index contributed by atoms with van der Waals surface area (Å²) in [4.78, 5) is 12.4. The third kappa shape index (κ3) is 3.17. The second kappa shape index (κ2) is 7.32. The van der Waals surface area contributed by atoms with Gasteiger partial charge in [0, 0.05) is 18.7 Å². The van der Waals surface area contributed by atoms with Crippen molar-refractivity contribution in [3.05, 3.63) is 36.5 Å². The summed E-state index contributed by atoms with van der Waals surface area (Å²) in [5.41, 5.74) is 1.92. The summed E-state index contributed by atoms with van der Waals surface area (Å²) in [6.07, 6.45) is 8.10. The Hall–Kier alpha value is -2.51. The van der Waals surface area contributed by atoms with Gasteiger partial charge in [0.2, 0.25) is 0 Å². The van der Waals surface area contributed by atoms with E-state index in [2.05, 4.69) is 21.7 Å². The van der Waals surface area contributed by atoms with Gasteiger partial charge in [-0.2, -0.15) is 5.10 Å². The molecule has 6 rings (SSSR count). The van der Waals surface area contributed by atoms with Crippen molar-refractivity contribution < 1.29 is 9.84 Å². The van der Waals surface area contributed by atoms with Gasteiger partial charge in [0.25, 0.3) is 0 Å². The normalized spacial score (nSPS) is 28.9. The molecule has 2 bridgehead atoms. The molecular formula is C23H27N5O2. The molecule has 2 aliphatic heterocycles. The Kier molecular flexibility index (Phi) is 4.46. The number of hydrogen-bond donors (Lipinski definition) is 1. The van der Waals surface area contributed by atoms with Crippen molar-refractivity contribution in [2.45, 2.75) is 62.9 Å². The summed E-state index contributed by atoms with van der Waals surface area (Å²) in [5.74, 6) is 1.72. The van der Waals surface area contributed by atoms with Crippen LogP contribution < -0.4 is 4.90 Å². The highest BCUT2D eigenvalue weighted by molar-refractivity contribution is 5.89. The maximum Gasteiger partial charge on any atom is 0.164 e. The minimum absolute atomic E-state index is 0.183. The van der Waals surface area contributed by atoms with E-state index in [9.17, 15) is 5.11 Å². The third-order valence-electron chi connectivity index (χ3n) is 6.82. The van der Waals surface area contributed by atoms with E-state index in [0.29, 0.717) is 12.2 Å². The Morgan fingerprint density at radius 3 is 2.37 bits per heavy atom. The van der Waals surface area contributed by atoms with Crippen LogP contribution in [0.2, 0.25) is 0 Å². The summed E-state index contributed by atoms with van der Waals surface area (Å²) in [6.45, 7) is 1.75. The van der Waals surface area contributed by atoms with Gasteiger partial charge in [-0.05, 0) is 38.5 Å². The summed E-state index contributed by atoms with van der Waals surface area (Å²) in [7, 11) is 0. The van der Waals surface area contributed by atoms with Gasteiger partial charge in [-0.3, -0.25) is 0 Å². The van der Waals surface area contributed by atoms with E-state index in [-0.39, 0.29) is 12.1 Å². The van der Waals surface area contributed by atoms with Crippen molar-refractivity contribution in [2.24, 2.45) is 0 Å². The largest absolute Gasteiger partial charge is 0.393 e. The SMILES string of the molecule is OC1CCC(n2ncc3c(N4CC5CCC(C4)O5)nc(-c4ccccc4)nc32)CC1. The number of nitrogens with zero attached hydrogens (tertiary/aromatic N) is 5. The topological polar surface area (TPSA) is 76.3 Å². The van der Waals surface area contributed by atoms with Crippen molar-refractivity contribution in [1.29, 1.82) is 0 Å². The number of morpholine rings is 1. The molecule has 1 aromatic carbocycles.